The third-order valence-electron chi connectivity index (χ3n) is 4.92. The summed E-state index contributed by atoms with van der Waals surface area (Å²) in [6.45, 7) is 4.13. The summed E-state index contributed by atoms with van der Waals surface area (Å²) in [7, 11) is 0. The highest BCUT2D eigenvalue weighted by atomic mass is 35.5. The van der Waals surface area contributed by atoms with Crippen molar-refractivity contribution < 1.29 is 4.40 Å². The van der Waals surface area contributed by atoms with Gasteiger partial charge in [0.05, 0.1) is 11.7 Å². The zero-order chi connectivity index (χ0) is 17.4. The molecule has 0 aliphatic heterocycles. The van der Waals surface area contributed by atoms with Crippen molar-refractivity contribution in [1.82, 2.24) is 15.0 Å². The van der Waals surface area contributed by atoms with Crippen molar-refractivity contribution in [2.75, 3.05) is 5.32 Å². The number of aromatic nitrogens is 4. The average Bonchev–Trinajstić information content (AvgIpc) is 2.94. The molecule has 6 heteroatoms. The van der Waals surface area contributed by atoms with Crippen LogP contribution in [0.1, 0.15) is 43.5 Å². The number of halogens is 1. The minimum atomic E-state index is 0.491. The normalized spacial score (nSPS) is 15.6. The highest BCUT2D eigenvalue weighted by Gasteiger charge is 2.26. The maximum atomic E-state index is 6.13. The van der Waals surface area contributed by atoms with Gasteiger partial charge in [0, 0.05) is 17.8 Å². The third kappa shape index (κ3) is 3.21. The first-order valence-electron chi connectivity index (χ1n) is 8.92. The second-order valence-corrected chi connectivity index (χ2v) is 7.28. The molecule has 1 aliphatic rings. The Hall–Kier alpha value is -2.14. The quantitative estimate of drug-likeness (QED) is 0.545. The third-order valence-corrected chi connectivity index (χ3v) is 5.13. The molecule has 0 aromatic carbocycles. The monoisotopic (exact) mass is 356 g/mol. The lowest BCUT2D eigenvalue weighted by atomic mass is 9.95. The molecular weight excluding hydrogens is 334 g/mol. The fourth-order valence-corrected chi connectivity index (χ4v) is 3.95. The van der Waals surface area contributed by atoms with Crippen molar-refractivity contribution >= 4 is 23.2 Å². The van der Waals surface area contributed by atoms with Crippen molar-refractivity contribution in [2.45, 2.75) is 52.0 Å². The van der Waals surface area contributed by atoms with Crippen molar-refractivity contribution in [1.29, 1.82) is 0 Å². The van der Waals surface area contributed by atoms with Gasteiger partial charge >= 0.3 is 5.78 Å². The zero-order valence-corrected chi connectivity index (χ0v) is 15.4. The minimum absolute atomic E-state index is 0.491. The fraction of sp³-hybridized carbons (Fsp3) is 0.421. The first kappa shape index (κ1) is 16.3. The Morgan fingerprint density at radius 1 is 1.20 bits per heavy atom. The second-order valence-electron chi connectivity index (χ2n) is 6.89. The van der Waals surface area contributed by atoms with Crippen LogP contribution >= 0.6 is 11.6 Å². The Balaban J connectivity index is 1.88. The number of fused-ring (bicyclic) bond motifs is 1. The van der Waals surface area contributed by atoms with Crippen molar-refractivity contribution in [3.8, 4) is 11.3 Å². The average molecular weight is 357 g/mol. The molecule has 3 aromatic heterocycles. The number of H-pyrrole nitrogens is 1. The largest absolute Gasteiger partial charge is 0.357 e. The predicted octanol–water partition coefficient (Wildman–Crippen LogP) is 4.23. The van der Waals surface area contributed by atoms with E-state index in [4.69, 9.17) is 11.6 Å². The predicted molar refractivity (Wildman–Crippen MR) is 100.0 cm³/mol. The molecule has 0 radical (unpaired) electrons. The SMILES string of the molecule is Cc1cc(C)[n+]2c(NC3CCCCC3)c(-c3ccnc(Cl)c3)[nH]c2n1. The number of aromatic amines is 1. The van der Waals surface area contributed by atoms with Crippen LogP contribution < -0.4 is 9.72 Å². The summed E-state index contributed by atoms with van der Waals surface area (Å²) in [6, 6.07) is 6.47. The summed E-state index contributed by atoms with van der Waals surface area (Å²) in [5.74, 6) is 1.91. The molecule has 4 rings (SSSR count). The Labute approximate surface area is 152 Å². The van der Waals surface area contributed by atoms with E-state index >= 15 is 0 Å². The van der Waals surface area contributed by atoms with Gasteiger partial charge in [-0.25, -0.2) is 4.98 Å². The lowest BCUT2D eigenvalue weighted by Gasteiger charge is -2.21. The number of hydrogen-bond acceptors (Lipinski definition) is 3. The second kappa shape index (κ2) is 6.64. The number of aryl methyl sites for hydroxylation is 2. The van der Waals surface area contributed by atoms with Gasteiger partial charge in [0.25, 0.3) is 0 Å². The van der Waals surface area contributed by atoms with E-state index in [1.807, 2.05) is 19.1 Å². The van der Waals surface area contributed by atoms with Crippen LogP contribution in [0.5, 0.6) is 0 Å². The molecule has 1 fully saturated rings. The lowest BCUT2D eigenvalue weighted by molar-refractivity contribution is -0.505. The summed E-state index contributed by atoms with van der Waals surface area (Å²) in [5, 5.41) is 4.27. The number of imidazole rings is 1. The van der Waals surface area contributed by atoms with Crippen LogP contribution in [0.15, 0.2) is 24.4 Å². The highest BCUT2D eigenvalue weighted by Crippen LogP contribution is 2.29. The topological polar surface area (TPSA) is 57.7 Å². The summed E-state index contributed by atoms with van der Waals surface area (Å²) in [5.41, 5.74) is 4.18. The molecule has 3 aromatic rings. The van der Waals surface area contributed by atoms with Crippen LogP contribution in [0, 0.1) is 13.8 Å². The van der Waals surface area contributed by atoms with Gasteiger partial charge in [-0.2, -0.15) is 4.40 Å². The fourth-order valence-electron chi connectivity index (χ4n) is 3.78. The molecule has 0 amide bonds. The molecule has 0 unspecified atom stereocenters. The van der Waals surface area contributed by atoms with Gasteiger partial charge < -0.3 is 5.32 Å². The van der Waals surface area contributed by atoms with E-state index in [0.29, 0.717) is 11.2 Å². The van der Waals surface area contributed by atoms with Gasteiger partial charge in [-0.1, -0.05) is 30.9 Å². The van der Waals surface area contributed by atoms with Gasteiger partial charge in [-0.15, -0.1) is 4.98 Å². The summed E-state index contributed by atoms with van der Waals surface area (Å²) in [6.07, 6.45) is 8.08. The van der Waals surface area contributed by atoms with Crippen molar-refractivity contribution in [3.05, 3.63) is 40.9 Å². The van der Waals surface area contributed by atoms with E-state index in [-0.39, 0.29) is 0 Å². The van der Waals surface area contributed by atoms with E-state index in [1.165, 1.54) is 32.1 Å². The molecule has 0 atom stereocenters. The van der Waals surface area contributed by atoms with Crippen LogP contribution in [-0.4, -0.2) is 21.0 Å². The Morgan fingerprint density at radius 2 is 2.00 bits per heavy atom. The number of pyridine rings is 1. The van der Waals surface area contributed by atoms with E-state index in [1.54, 1.807) is 6.20 Å². The van der Waals surface area contributed by atoms with E-state index in [0.717, 1.165) is 34.2 Å². The molecular formula is C19H23ClN5+. The summed E-state index contributed by atoms with van der Waals surface area (Å²) >= 11 is 6.13. The van der Waals surface area contributed by atoms with Crippen LogP contribution in [-0.2, 0) is 0 Å². The van der Waals surface area contributed by atoms with Gasteiger partial charge in [-0.05, 0) is 38.8 Å². The Kier molecular flexibility index (Phi) is 4.34. The summed E-state index contributed by atoms with van der Waals surface area (Å²) in [4.78, 5) is 12.3. The molecule has 0 bridgehead atoms. The van der Waals surface area contributed by atoms with Gasteiger partial charge in [0.2, 0.25) is 5.82 Å². The maximum absolute atomic E-state index is 6.13. The van der Waals surface area contributed by atoms with Gasteiger partial charge in [-0.3, -0.25) is 4.98 Å². The molecule has 130 valence electrons. The molecule has 0 spiro atoms. The number of hydrogen-bond donors (Lipinski definition) is 2. The zero-order valence-electron chi connectivity index (χ0n) is 14.6. The van der Waals surface area contributed by atoms with Crippen LogP contribution in [0.3, 0.4) is 0 Å². The smallest absolute Gasteiger partial charge is 0.316 e. The minimum Gasteiger partial charge on any atom is -0.316 e. The Morgan fingerprint density at radius 3 is 2.76 bits per heavy atom. The van der Waals surface area contributed by atoms with Crippen LogP contribution in [0.2, 0.25) is 5.15 Å². The first-order valence-corrected chi connectivity index (χ1v) is 9.30. The van der Waals surface area contributed by atoms with Gasteiger partial charge in [0.1, 0.15) is 10.8 Å². The van der Waals surface area contributed by atoms with Gasteiger partial charge in [0.15, 0.2) is 5.69 Å². The van der Waals surface area contributed by atoms with Crippen molar-refractivity contribution in [3.63, 3.8) is 0 Å². The first-order chi connectivity index (χ1) is 12.1. The van der Waals surface area contributed by atoms with Crippen LogP contribution in [0.4, 0.5) is 5.82 Å². The highest BCUT2D eigenvalue weighted by molar-refractivity contribution is 6.29. The molecule has 5 nitrogen and oxygen atoms in total. The van der Waals surface area contributed by atoms with E-state index in [2.05, 4.69) is 37.7 Å². The number of rotatable bonds is 3. The molecule has 0 saturated heterocycles. The Bertz CT molecular complexity index is 912. The van der Waals surface area contributed by atoms with E-state index in [9.17, 15) is 0 Å². The molecule has 3 heterocycles. The number of nitrogens with one attached hydrogen (secondary N) is 2. The maximum Gasteiger partial charge on any atom is 0.357 e. The molecule has 1 aliphatic carbocycles. The molecule has 25 heavy (non-hydrogen) atoms. The number of anilines is 1. The van der Waals surface area contributed by atoms with Crippen molar-refractivity contribution in [2.24, 2.45) is 0 Å². The lowest BCUT2D eigenvalue weighted by Crippen LogP contribution is -2.33. The van der Waals surface area contributed by atoms with Crippen LogP contribution in [0.25, 0.3) is 17.0 Å². The number of nitrogens with zero attached hydrogens (tertiary/aromatic N) is 3. The molecule has 1 saturated carbocycles. The molecule has 2 N–H and O–H groups in total. The summed E-state index contributed by atoms with van der Waals surface area (Å²) < 4.78 is 2.17. The standard InChI is InChI=1S/C19H22ClN5/c1-12-10-13(2)25-18(23-15-6-4-3-5-7-15)17(24-19(25)22-12)14-8-9-21-16(20)11-14/h8-11,15H,3-7H2,1-2H3,(H,21,23)/p+1. The van der Waals surface area contributed by atoms with E-state index < -0.39 is 0 Å².